The lowest BCUT2D eigenvalue weighted by Gasteiger charge is -2.26. The highest BCUT2D eigenvalue weighted by atomic mass is 35.5. The lowest BCUT2D eigenvalue weighted by Crippen LogP contribution is -2.39. The summed E-state index contributed by atoms with van der Waals surface area (Å²) >= 11 is 6.19. The zero-order valence-corrected chi connectivity index (χ0v) is 22.3. The Morgan fingerprint density at radius 3 is 2.39 bits per heavy atom. The molecule has 0 saturated carbocycles. The molecule has 1 heterocycles. The summed E-state index contributed by atoms with van der Waals surface area (Å²) < 4.78 is 33.7. The molecule has 196 valence electrons. The minimum absolute atomic E-state index is 0.0352. The van der Waals surface area contributed by atoms with Crippen molar-refractivity contribution in [3.8, 4) is 0 Å². The second-order valence-corrected chi connectivity index (χ2v) is 10.9. The van der Waals surface area contributed by atoms with E-state index < -0.39 is 28.4 Å². The lowest BCUT2D eigenvalue weighted by atomic mass is 10.1. The lowest BCUT2D eigenvalue weighted by molar-refractivity contribution is -0.114. The first kappa shape index (κ1) is 27.0. The SMILES string of the molecule is Cc1ccc(S(=O)(=O)N(CC(=O)Nc2ccccc2C(=O)NCc2ccco2)c2cc(Cl)ccc2C)cc1. The second-order valence-electron chi connectivity index (χ2n) is 8.61. The number of anilines is 2. The third-order valence-corrected chi connectivity index (χ3v) is 7.79. The van der Waals surface area contributed by atoms with Crippen molar-refractivity contribution < 1.29 is 22.4 Å². The maximum atomic E-state index is 13.7. The fraction of sp³-hybridized carbons (Fsp3) is 0.143. The van der Waals surface area contributed by atoms with Crippen LogP contribution in [0.2, 0.25) is 5.02 Å². The number of carbonyl (C=O) groups excluding carboxylic acids is 2. The first-order valence-electron chi connectivity index (χ1n) is 11.7. The normalized spacial score (nSPS) is 11.1. The highest BCUT2D eigenvalue weighted by molar-refractivity contribution is 7.92. The van der Waals surface area contributed by atoms with Crippen molar-refractivity contribution in [1.82, 2.24) is 5.32 Å². The third-order valence-electron chi connectivity index (χ3n) is 5.79. The van der Waals surface area contributed by atoms with Crippen molar-refractivity contribution in [1.29, 1.82) is 0 Å². The average Bonchev–Trinajstić information content (AvgIpc) is 3.42. The number of rotatable bonds is 9. The minimum atomic E-state index is -4.13. The van der Waals surface area contributed by atoms with Gasteiger partial charge >= 0.3 is 0 Å². The van der Waals surface area contributed by atoms with Gasteiger partial charge in [0.15, 0.2) is 0 Å². The Bertz CT molecular complexity index is 1550. The van der Waals surface area contributed by atoms with Crippen molar-refractivity contribution >= 4 is 44.8 Å². The number of halogens is 1. The number of nitrogens with one attached hydrogen (secondary N) is 2. The molecule has 10 heteroatoms. The molecule has 0 aliphatic carbocycles. The summed E-state index contributed by atoms with van der Waals surface area (Å²) in [5.74, 6) is -0.479. The average molecular weight is 552 g/mol. The number of sulfonamides is 1. The van der Waals surface area contributed by atoms with Gasteiger partial charge in [-0.2, -0.15) is 0 Å². The first-order chi connectivity index (χ1) is 18.1. The molecule has 0 radical (unpaired) electrons. The molecular formula is C28H26ClN3O5S. The zero-order chi connectivity index (χ0) is 27.3. The smallest absolute Gasteiger partial charge is 0.264 e. The van der Waals surface area contributed by atoms with E-state index in [1.54, 1.807) is 67.6 Å². The quantitative estimate of drug-likeness (QED) is 0.293. The standard InChI is InChI=1S/C28H26ClN3O5S/c1-19-9-13-23(14-10-19)38(35,36)32(26-16-21(29)12-11-20(26)2)18-27(33)31-25-8-4-3-7-24(25)28(34)30-17-22-6-5-15-37-22/h3-16H,17-18H2,1-2H3,(H,30,34)(H,31,33). The van der Waals surface area contributed by atoms with Crippen LogP contribution < -0.4 is 14.9 Å². The Hall–Kier alpha value is -4.08. The Morgan fingerprint density at radius 2 is 1.68 bits per heavy atom. The molecule has 2 N–H and O–H groups in total. The molecule has 3 aromatic carbocycles. The molecular weight excluding hydrogens is 526 g/mol. The summed E-state index contributed by atoms with van der Waals surface area (Å²) in [4.78, 5) is 26.1. The van der Waals surface area contributed by atoms with Crippen molar-refractivity contribution in [2.75, 3.05) is 16.2 Å². The van der Waals surface area contributed by atoms with Gasteiger partial charge in [0.05, 0.1) is 34.6 Å². The summed E-state index contributed by atoms with van der Waals surface area (Å²) in [6, 6.07) is 21.1. The van der Waals surface area contributed by atoms with Crippen LogP contribution in [0.5, 0.6) is 0 Å². The van der Waals surface area contributed by atoms with E-state index in [0.717, 1.165) is 9.87 Å². The molecule has 4 aromatic rings. The van der Waals surface area contributed by atoms with E-state index in [2.05, 4.69) is 10.6 Å². The number of benzene rings is 3. The second kappa shape index (κ2) is 11.5. The van der Waals surface area contributed by atoms with Crippen molar-refractivity contribution in [2.45, 2.75) is 25.3 Å². The summed E-state index contributed by atoms with van der Waals surface area (Å²) in [7, 11) is -4.13. The van der Waals surface area contributed by atoms with Gasteiger partial charge in [0.1, 0.15) is 12.3 Å². The number of hydrogen-bond acceptors (Lipinski definition) is 5. The van der Waals surface area contributed by atoms with Crippen LogP contribution in [0, 0.1) is 13.8 Å². The van der Waals surface area contributed by atoms with Crippen LogP contribution in [0.15, 0.2) is 94.4 Å². The maximum absolute atomic E-state index is 13.7. The summed E-state index contributed by atoms with van der Waals surface area (Å²) in [6.45, 7) is 3.22. The molecule has 8 nitrogen and oxygen atoms in total. The van der Waals surface area contributed by atoms with Crippen LogP contribution in [0.3, 0.4) is 0 Å². The molecule has 1 aromatic heterocycles. The van der Waals surface area contributed by atoms with Crippen LogP contribution in [-0.4, -0.2) is 26.8 Å². The molecule has 4 rings (SSSR count). The molecule has 0 aliphatic rings. The largest absolute Gasteiger partial charge is 0.467 e. The number of carbonyl (C=O) groups is 2. The summed E-state index contributed by atoms with van der Waals surface area (Å²) in [6.07, 6.45) is 1.51. The van der Waals surface area contributed by atoms with Gasteiger partial charge in [0.25, 0.3) is 15.9 Å². The molecule has 0 spiro atoms. The van der Waals surface area contributed by atoms with Gasteiger partial charge in [0, 0.05) is 5.02 Å². The van der Waals surface area contributed by atoms with Gasteiger partial charge in [-0.25, -0.2) is 8.42 Å². The molecule has 0 fully saturated rings. The van der Waals surface area contributed by atoms with Crippen molar-refractivity contribution in [3.05, 3.63) is 113 Å². The highest BCUT2D eigenvalue weighted by Crippen LogP contribution is 2.30. The van der Waals surface area contributed by atoms with Crippen molar-refractivity contribution in [2.24, 2.45) is 0 Å². The molecule has 0 aliphatic heterocycles. The number of furan rings is 1. The predicted octanol–water partition coefficient (Wildman–Crippen LogP) is 5.31. The predicted molar refractivity (Wildman–Crippen MR) is 147 cm³/mol. The first-order valence-corrected chi connectivity index (χ1v) is 13.5. The fourth-order valence-electron chi connectivity index (χ4n) is 3.77. The van der Waals surface area contributed by atoms with E-state index in [9.17, 15) is 18.0 Å². The molecule has 0 bridgehead atoms. The molecule has 2 amide bonds. The molecule has 0 unspecified atom stereocenters. The monoisotopic (exact) mass is 551 g/mol. The fourth-order valence-corrected chi connectivity index (χ4v) is 5.42. The van der Waals surface area contributed by atoms with Crippen LogP contribution in [0.4, 0.5) is 11.4 Å². The Kier molecular flexibility index (Phi) is 8.19. The topological polar surface area (TPSA) is 109 Å². The highest BCUT2D eigenvalue weighted by Gasteiger charge is 2.29. The molecule has 0 saturated heterocycles. The number of aryl methyl sites for hydroxylation is 2. The summed E-state index contributed by atoms with van der Waals surface area (Å²) in [5, 5.41) is 5.76. The van der Waals surface area contributed by atoms with E-state index in [1.165, 1.54) is 24.5 Å². The van der Waals surface area contributed by atoms with E-state index in [0.29, 0.717) is 16.3 Å². The van der Waals surface area contributed by atoms with E-state index in [4.69, 9.17) is 16.0 Å². The van der Waals surface area contributed by atoms with Crippen LogP contribution >= 0.6 is 11.6 Å². The minimum Gasteiger partial charge on any atom is -0.467 e. The maximum Gasteiger partial charge on any atom is 0.264 e. The van der Waals surface area contributed by atoms with E-state index in [-0.39, 0.29) is 28.4 Å². The number of amides is 2. The van der Waals surface area contributed by atoms with Crippen LogP contribution in [0.25, 0.3) is 0 Å². The van der Waals surface area contributed by atoms with Gasteiger partial charge in [-0.3, -0.25) is 13.9 Å². The van der Waals surface area contributed by atoms with Crippen molar-refractivity contribution in [3.63, 3.8) is 0 Å². The number of hydrogen-bond donors (Lipinski definition) is 2. The molecule has 0 atom stereocenters. The number of para-hydroxylation sites is 1. The third kappa shape index (κ3) is 6.24. The van der Waals surface area contributed by atoms with E-state index in [1.807, 2.05) is 6.92 Å². The Balaban J connectivity index is 1.61. The molecule has 38 heavy (non-hydrogen) atoms. The van der Waals surface area contributed by atoms with Gasteiger partial charge in [-0.15, -0.1) is 0 Å². The van der Waals surface area contributed by atoms with Crippen LogP contribution in [0.1, 0.15) is 27.2 Å². The van der Waals surface area contributed by atoms with Crippen LogP contribution in [-0.2, 0) is 21.4 Å². The van der Waals surface area contributed by atoms with Gasteiger partial charge in [0.2, 0.25) is 5.91 Å². The zero-order valence-electron chi connectivity index (χ0n) is 20.8. The summed E-state index contributed by atoms with van der Waals surface area (Å²) in [5.41, 5.74) is 2.26. The number of nitrogens with zero attached hydrogens (tertiary/aromatic N) is 1. The Labute approximate surface area is 226 Å². The Morgan fingerprint density at radius 1 is 0.947 bits per heavy atom. The van der Waals surface area contributed by atoms with E-state index >= 15 is 0 Å². The van der Waals surface area contributed by atoms with Gasteiger partial charge < -0.3 is 15.1 Å². The van der Waals surface area contributed by atoms with Gasteiger partial charge in [-0.05, 0) is 67.9 Å². The van der Waals surface area contributed by atoms with Gasteiger partial charge in [-0.1, -0.05) is 47.5 Å².